The number of carbonyl (C=O) groups is 1. The normalized spacial score (nSPS) is 18.2. The minimum Gasteiger partial charge on any atom is -0.366 e. The molecule has 4 heterocycles. The molecule has 3 aromatic rings. The average molecular weight is 542 g/mol. The molecule has 0 saturated carbocycles. The number of hydrogen-bond donors (Lipinski definition) is 1. The lowest BCUT2D eigenvalue weighted by atomic mass is 9.97. The summed E-state index contributed by atoms with van der Waals surface area (Å²) in [6, 6.07) is 0. The van der Waals surface area contributed by atoms with Gasteiger partial charge in [0, 0.05) is 63.1 Å². The Bertz CT molecular complexity index is 1490. The molecule has 1 unspecified atom stereocenters. The number of nitrogens with one attached hydrogen (secondary N) is 1. The van der Waals surface area contributed by atoms with Crippen molar-refractivity contribution in [3.63, 3.8) is 0 Å². The Kier molecular flexibility index (Phi) is 6.91. The molecular weight excluding hydrogens is 514 g/mol. The van der Waals surface area contributed by atoms with E-state index in [-0.39, 0.29) is 18.4 Å². The van der Waals surface area contributed by atoms with Gasteiger partial charge in [-0.15, -0.1) is 0 Å². The smallest absolute Gasteiger partial charge is 0.242 e. The molecule has 1 fully saturated rings. The SMILES string of the molecule is Cc1cncc(Cl)c1N1CCN(C(=O)CNc2c(C3C=CC(S(C)(=O)=O)=CC3)nc3cnccn23)CC1. The third-order valence-corrected chi connectivity index (χ3v) is 8.15. The topological polar surface area (TPSA) is 113 Å². The second-order valence-corrected chi connectivity index (χ2v) is 11.7. The summed E-state index contributed by atoms with van der Waals surface area (Å²) in [7, 11) is -3.27. The number of nitrogens with zero attached hydrogens (tertiary/aromatic N) is 6. The molecule has 1 aliphatic carbocycles. The first-order chi connectivity index (χ1) is 17.7. The molecule has 194 valence electrons. The van der Waals surface area contributed by atoms with E-state index >= 15 is 0 Å². The lowest BCUT2D eigenvalue weighted by molar-refractivity contribution is -0.129. The molecule has 0 aromatic carbocycles. The number of hydrogen-bond acceptors (Lipinski definition) is 8. The van der Waals surface area contributed by atoms with Gasteiger partial charge in [-0.05, 0) is 25.0 Å². The number of sulfone groups is 1. The molecule has 37 heavy (non-hydrogen) atoms. The average Bonchev–Trinajstić information content (AvgIpc) is 3.26. The summed E-state index contributed by atoms with van der Waals surface area (Å²) in [5.74, 6) is 0.569. The van der Waals surface area contributed by atoms with E-state index in [9.17, 15) is 13.2 Å². The van der Waals surface area contributed by atoms with Gasteiger partial charge in [0.1, 0.15) is 5.82 Å². The zero-order valence-corrected chi connectivity index (χ0v) is 22.2. The number of pyridine rings is 1. The summed E-state index contributed by atoms with van der Waals surface area (Å²) in [6.45, 7) is 4.65. The number of carbonyl (C=O) groups excluding carboxylic acids is 1. The van der Waals surface area contributed by atoms with Crippen LogP contribution in [0.2, 0.25) is 5.02 Å². The van der Waals surface area contributed by atoms with Crippen LogP contribution in [0.25, 0.3) is 5.65 Å². The summed E-state index contributed by atoms with van der Waals surface area (Å²) in [4.78, 5) is 30.5. The van der Waals surface area contributed by atoms with Gasteiger partial charge < -0.3 is 15.1 Å². The number of amides is 1. The molecule has 0 spiro atoms. The molecule has 1 aliphatic heterocycles. The van der Waals surface area contributed by atoms with Gasteiger partial charge >= 0.3 is 0 Å². The van der Waals surface area contributed by atoms with E-state index < -0.39 is 9.84 Å². The predicted molar refractivity (Wildman–Crippen MR) is 144 cm³/mol. The molecule has 1 atom stereocenters. The van der Waals surface area contributed by atoms with Crippen molar-refractivity contribution in [2.45, 2.75) is 19.3 Å². The zero-order valence-electron chi connectivity index (χ0n) is 20.6. The highest BCUT2D eigenvalue weighted by molar-refractivity contribution is 7.94. The van der Waals surface area contributed by atoms with Crippen molar-refractivity contribution in [1.29, 1.82) is 0 Å². The maximum atomic E-state index is 13.1. The number of rotatable bonds is 6. The minimum atomic E-state index is -3.27. The largest absolute Gasteiger partial charge is 0.366 e. The van der Waals surface area contributed by atoms with Gasteiger partial charge in [-0.3, -0.25) is 19.2 Å². The number of imidazole rings is 1. The van der Waals surface area contributed by atoms with E-state index in [4.69, 9.17) is 16.6 Å². The van der Waals surface area contributed by atoms with Gasteiger partial charge in [-0.2, -0.15) is 0 Å². The summed E-state index contributed by atoms with van der Waals surface area (Å²) < 4.78 is 25.6. The van der Waals surface area contributed by atoms with Crippen LogP contribution in [0.5, 0.6) is 0 Å². The predicted octanol–water partition coefficient (Wildman–Crippen LogP) is 2.82. The summed E-state index contributed by atoms with van der Waals surface area (Å²) in [5, 5.41) is 3.92. The number of piperazine rings is 1. The fraction of sp³-hybridized carbons (Fsp3) is 0.360. The van der Waals surface area contributed by atoms with Crippen molar-refractivity contribution >= 4 is 44.5 Å². The summed E-state index contributed by atoms with van der Waals surface area (Å²) in [5.41, 5.74) is 3.38. The van der Waals surface area contributed by atoms with E-state index in [1.165, 1.54) is 6.26 Å². The van der Waals surface area contributed by atoms with Crippen LogP contribution in [0.15, 0.2) is 54.1 Å². The molecule has 0 radical (unpaired) electrons. The maximum absolute atomic E-state index is 13.1. The van der Waals surface area contributed by atoms with Gasteiger partial charge in [-0.1, -0.05) is 23.8 Å². The quantitative estimate of drug-likeness (QED) is 0.507. The molecule has 1 amide bonds. The van der Waals surface area contributed by atoms with Crippen LogP contribution in [0, 0.1) is 6.92 Å². The minimum absolute atomic E-state index is 0.00871. The zero-order chi connectivity index (χ0) is 26.2. The number of anilines is 2. The number of aryl methyl sites for hydroxylation is 1. The van der Waals surface area contributed by atoms with Crippen LogP contribution < -0.4 is 10.2 Å². The second-order valence-electron chi connectivity index (χ2n) is 9.24. The highest BCUT2D eigenvalue weighted by atomic mass is 35.5. The van der Waals surface area contributed by atoms with Crippen LogP contribution in [-0.2, 0) is 14.6 Å². The molecule has 3 aromatic heterocycles. The van der Waals surface area contributed by atoms with Crippen molar-refractivity contribution in [3.8, 4) is 0 Å². The first-order valence-corrected chi connectivity index (χ1v) is 14.3. The van der Waals surface area contributed by atoms with Crippen molar-refractivity contribution in [1.82, 2.24) is 24.3 Å². The molecule has 1 N–H and O–H groups in total. The van der Waals surface area contributed by atoms with E-state index in [0.29, 0.717) is 54.0 Å². The van der Waals surface area contributed by atoms with Crippen LogP contribution >= 0.6 is 11.6 Å². The second kappa shape index (κ2) is 10.1. The lowest BCUT2D eigenvalue weighted by Crippen LogP contribution is -2.50. The van der Waals surface area contributed by atoms with Crippen LogP contribution in [0.3, 0.4) is 0 Å². The molecule has 5 rings (SSSR count). The third kappa shape index (κ3) is 5.19. The Morgan fingerprint density at radius 1 is 1.16 bits per heavy atom. The van der Waals surface area contributed by atoms with Gasteiger partial charge in [0.05, 0.1) is 34.1 Å². The Balaban J connectivity index is 1.28. The lowest BCUT2D eigenvalue weighted by Gasteiger charge is -2.37. The van der Waals surface area contributed by atoms with Gasteiger partial charge in [-0.25, -0.2) is 13.4 Å². The summed E-state index contributed by atoms with van der Waals surface area (Å²) in [6.07, 6.45) is 15.4. The van der Waals surface area contributed by atoms with Gasteiger partial charge in [0.25, 0.3) is 0 Å². The van der Waals surface area contributed by atoms with E-state index in [0.717, 1.165) is 16.9 Å². The van der Waals surface area contributed by atoms with Crippen molar-refractivity contribution in [2.75, 3.05) is 49.2 Å². The van der Waals surface area contributed by atoms with Crippen LogP contribution in [0.1, 0.15) is 23.6 Å². The van der Waals surface area contributed by atoms with E-state index in [2.05, 4.69) is 20.2 Å². The third-order valence-electron chi connectivity index (χ3n) is 6.71. The molecular formula is C25H28ClN7O3S. The Morgan fingerprint density at radius 2 is 1.95 bits per heavy atom. The molecule has 2 aliphatic rings. The molecule has 1 saturated heterocycles. The van der Waals surface area contributed by atoms with Gasteiger partial charge in [0.2, 0.25) is 5.91 Å². The Labute approximate surface area is 220 Å². The highest BCUT2D eigenvalue weighted by Crippen LogP contribution is 2.33. The van der Waals surface area contributed by atoms with Crippen molar-refractivity contribution in [2.24, 2.45) is 0 Å². The summed E-state index contributed by atoms with van der Waals surface area (Å²) >= 11 is 6.38. The number of allylic oxidation sites excluding steroid dienone is 3. The molecule has 10 nitrogen and oxygen atoms in total. The van der Waals surface area contributed by atoms with Crippen molar-refractivity contribution in [3.05, 3.63) is 70.4 Å². The molecule has 12 heteroatoms. The van der Waals surface area contributed by atoms with Crippen LogP contribution in [-0.4, -0.2) is 77.6 Å². The standard InChI is InChI=1S/C25H28ClN7O3S/c1-17-13-28-14-20(26)24(17)32-11-9-31(10-12-32)22(34)16-29-25-23(30-21-15-27-7-8-33(21)25)18-3-5-19(6-4-18)37(2,35)36/h3,5-8,13-15,18,29H,4,9-12,16H2,1-2H3. The van der Waals surface area contributed by atoms with Gasteiger partial charge in [0.15, 0.2) is 15.5 Å². The van der Waals surface area contributed by atoms with E-state index in [1.54, 1.807) is 43.1 Å². The highest BCUT2D eigenvalue weighted by Gasteiger charge is 2.26. The monoisotopic (exact) mass is 541 g/mol. The van der Waals surface area contributed by atoms with Crippen molar-refractivity contribution < 1.29 is 13.2 Å². The molecule has 0 bridgehead atoms. The Hall–Kier alpha value is -3.44. The first kappa shape index (κ1) is 25.2. The fourth-order valence-corrected chi connectivity index (χ4v) is 5.86. The fourth-order valence-electron chi connectivity index (χ4n) is 4.81. The number of aromatic nitrogens is 4. The Morgan fingerprint density at radius 3 is 2.62 bits per heavy atom. The maximum Gasteiger partial charge on any atom is 0.242 e. The van der Waals surface area contributed by atoms with Crippen LogP contribution in [0.4, 0.5) is 11.5 Å². The van der Waals surface area contributed by atoms with E-state index in [1.807, 2.05) is 22.3 Å². The number of halogens is 1. The number of fused-ring (bicyclic) bond motifs is 1. The first-order valence-electron chi connectivity index (χ1n) is 12.0.